The topological polar surface area (TPSA) is 59.4 Å². The van der Waals surface area contributed by atoms with Crippen LogP contribution in [0.1, 0.15) is 0 Å². The second-order valence-corrected chi connectivity index (χ2v) is 5.00. The van der Waals surface area contributed by atoms with E-state index < -0.39 is 0 Å². The molecule has 0 radical (unpaired) electrons. The molecule has 0 atom stereocenters. The van der Waals surface area contributed by atoms with E-state index in [9.17, 15) is 5.11 Å². The van der Waals surface area contributed by atoms with Gasteiger partial charge in [0.15, 0.2) is 5.09 Å². The third kappa shape index (κ3) is 2.02. The molecule has 0 aliphatic carbocycles. The molecule has 0 amide bonds. The first kappa shape index (κ1) is 11.0. The largest absolute Gasteiger partial charge is 0.506 e. The van der Waals surface area contributed by atoms with Crippen LogP contribution in [0.5, 0.6) is 5.75 Å². The summed E-state index contributed by atoms with van der Waals surface area (Å²) in [7, 11) is 0. The Morgan fingerprint density at radius 1 is 1.06 bits per heavy atom. The first-order chi connectivity index (χ1) is 8.72. The molecule has 2 aromatic carbocycles. The Morgan fingerprint density at radius 2 is 1.89 bits per heavy atom. The van der Waals surface area contributed by atoms with Gasteiger partial charge in [0, 0.05) is 10.3 Å². The van der Waals surface area contributed by atoms with Gasteiger partial charge in [-0.15, -0.1) is 0 Å². The van der Waals surface area contributed by atoms with Gasteiger partial charge in [-0.25, -0.2) is 0 Å². The van der Waals surface area contributed by atoms with Crippen LogP contribution >= 0.6 is 11.8 Å². The molecule has 18 heavy (non-hydrogen) atoms. The second kappa shape index (κ2) is 4.31. The summed E-state index contributed by atoms with van der Waals surface area (Å²) in [5, 5.41) is 11.2. The lowest BCUT2D eigenvalue weighted by Gasteiger charge is -2.01. The van der Waals surface area contributed by atoms with Crippen LogP contribution in [0.25, 0.3) is 11.0 Å². The van der Waals surface area contributed by atoms with Crippen LogP contribution in [0.4, 0.5) is 5.69 Å². The van der Waals surface area contributed by atoms with Gasteiger partial charge in [-0.3, -0.25) is 0 Å². The van der Waals surface area contributed by atoms with Gasteiger partial charge in [-0.05, 0) is 30.3 Å². The van der Waals surface area contributed by atoms with Crippen molar-refractivity contribution in [3.05, 3.63) is 48.5 Å². The highest BCUT2D eigenvalue weighted by Gasteiger charge is 2.06. The summed E-state index contributed by atoms with van der Waals surface area (Å²) < 4.78 is 5.70. The van der Waals surface area contributed by atoms with Crippen LogP contribution in [0.15, 0.2) is 62.9 Å². The number of rotatable bonds is 2. The van der Waals surface area contributed by atoms with Gasteiger partial charge in [0.1, 0.15) is 11.3 Å². The lowest BCUT2D eigenvalue weighted by molar-refractivity contribution is 0.477. The lowest BCUT2D eigenvalue weighted by atomic mass is 10.3. The van der Waals surface area contributed by atoms with Crippen molar-refractivity contribution in [1.82, 2.24) is 0 Å². The molecule has 0 aliphatic heterocycles. The molecular weight excluding hydrogens is 246 g/mol. The van der Waals surface area contributed by atoms with Gasteiger partial charge in [-0.2, -0.15) is 0 Å². The van der Waals surface area contributed by atoms with Crippen molar-refractivity contribution in [2.24, 2.45) is 0 Å². The molecule has 0 unspecified atom stereocenters. The van der Waals surface area contributed by atoms with Crippen LogP contribution in [0, 0.1) is 0 Å². The number of nitrogen functional groups attached to an aromatic ring is 1. The first-order valence-electron chi connectivity index (χ1n) is 5.47. The van der Waals surface area contributed by atoms with Gasteiger partial charge >= 0.3 is 0 Å². The van der Waals surface area contributed by atoms with E-state index in [0.29, 0.717) is 5.69 Å². The number of nitrogens with two attached hydrogens (primary N) is 1. The molecule has 1 aromatic heterocycles. The van der Waals surface area contributed by atoms with Crippen molar-refractivity contribution in [2.75, 3.05) is 5.73 Å². The van der Waals surface area contributed by atoms with Gasteiger partial charge in [0.05, 0.1) is 5.69 Å². The van der Waals surface area contributed by atoms with E-state index in [-0.39, 0.29) is 5.75 Å². The zero-order chi connectivity index (χ0) is 12.5. The fourth-order valence-electron chi connectivity index (χ4n) is 1.72. The minimum absolute atomic E-state index is 0.101. The average Bonchev–Trinajstić information content (AvgIpc) is 2.76. The summed E-state index contributed by atoms with van der Waals surface area (Å²) in [6.07, 6.45) is 0. The maximum absolute atomic E-state index is 9.37. The number of hydrogen-bond acceptors (Lipinski definition) is 4. The normalized spacial score (nSPS) is 10.9. The van der Waals surface area contributed by atoms with Crippen molar-refractivity contribution in [3.63, 3.8) is 0 Å². The van der Waals surface area contributed by atoms with Crippen LogP contribution in [-0.2, 0) is 0 Å². The van der Waals surface area contributed by atoms with Gasteiger partial charge in [0.2, 0.25) is 0 Å². The third-order valence-corrected chi connectivity index (χ3v) is 3.51. The number of fused-ring (bicyclic) bond motifs is 1. The Labute approximate surface area is 108 Å². The maximum Gasteiger partial charge on any atom is 0.166 e. The number of furan rings is 1. The second-order valence-electron chi connectivity index (χ2n) is 3.93. The Morgan fingerprint density at radius 3 is 2.67 bits per heavy atom. The molecule has 3 N–H and O–H groups in total. The Bertz CT molecular complexity index is 673. The predicted molar refractivity (Wildman–Crippen MR) is 72.9 cm³/mol. The fraction of sp³-hybridized carbons (Fsp3) is 0. The van der Waals surface area contributed by atoms with E-state index in [4.69, 9.17) is 10.2 Å². The number of aromatic hydroxyl groups is 1. The summed E-state index contributed by atoms with van der Waals surface area (Å²) in [4.78, 5) is 0.935. The van der Waals surface area contributed by atoms with Crippen molar-refractivity contribution >= 4 is 28.4 Å². The number of para-hydroxylation sites is 1. The number of phenolic OH excluding ortho intramolecular Hbond substituents is 1. The highest BCUT2D eigenvalue weighted by molar-refractivity contribution is 7.99. The van der Waals surface area contributed by atoms with Gasteiger partial charge in [0.25, 0.3) is 0 Å². The van der Waals surface area contributed by atoms with E-state index in [1.54, 1.807) is 12.1 Å². The molecule has 0 bridgehead atoms. The number of phenols is 1. The van der Waals surface area contributed by atoms with Crippen LogP contribution in [-0.4, -0.2) is 5.11 Å². The zero-order valence-electron chi connectivity index (χ0n) is 9.46. The number of benzene rings is 2. The fourth-order valence-corrected chi connectivity index (χ4v) is 2.59. The van der Waals surface area contributed by atoms with E-state index in [0.717, 1.165) is 21.0 Å². The molecule has 0 aliphatic rings. The molecule has 0 saturated carbocycles. The summed E-state index contributed by atoms with van der Waals surface area (Å²) >= 11 is 1.48. The minimum Gasteiger partial charge on any atom is -0.506 e. The smallest absolute Gasteiger partial charge is 0.166 e. The Hall–Kier alpha value is -2.07. The number of hydrogen-bond donors (Lipinski definition) is 2. The quantitative estimate of drug-likeness (QED) is 0.540. The summed E-state index contributed by atoms with van der Waals surface area (Å²) in [5.41, 5.74) is 6.89. The van der Waals surface area contributed by atoms with E-state index >= 15 is 0 Å². The van der Waals surface area contributed by atoms with E-state index in [1.165, 1.54) is 11.8 Å². The number of anilines is 1. The monoisotopic (exact) mass is 257 g/mol. The lowest BCUT2D eigenvalue weighted by Crippen LogP contribution is -1.85. The molecule has 0 fully saturated rings. The van der Waals surface area contributed by atoms with Crippen molar-refractivity contribution in [2.45, 2.75) is 9.99 Å². The molecule has 3 aromatic rings. The maximum atomic E-state index is 9.37. The summed E-state index contributed by atoms with van der Waals surface area (Å²) in [5.74, 6) is 0.101. The van der Waals surface area contributed by atoms with Crippen LogP contribution < -0.4 is 5.73 Å². The molecule has 4 heteroatoms. The SMILES string of the molecule is Nc1cc(Sc2cc3ccccc3o2)ccc1O. The highest BCUT2D eigenvalue weighted by atomic mass is 32.2. The van der Waals surface area contributed by atoms with Crippen LogP contribution in [0.3, 0.4) is 0 Å². The molecule has 3 nitrogen and oxygen atoms in total. The van der Waals surface area contributed by atoms with E-state index in [1.807, 2.05) is 36.4 Å². The molecule has 3 rings (SSSR count). The third-order valence-electron chi connectivity index (χ3n) is 2.62. The highest BCUT2D eigenvalue weighted by Crippen LogP contribution is 2.35. The Balaban J connectivity index is 1.93. The zero-order valence-corrected chi connectivity index (χ0v) is 10.3. The van der Waals surface area contributed by atoms with Crippen LogP contribution in [0.2, 0.25) is 0 Å². The van der Waals surface area contributed by atoms with Crippen molar-refractivity contribution in [1.29, 1.82) is 0 Å². The summed E-state index contributed by atoms with van der Waals surface area (Å²) in [6, 6.07) is 15.0. The average molecular weight is 257 g/mol. The van der Waals surface area contributed by atoms with E-state index in [2.05, 4.69) is 0 Å². The molecule has 0 spiro atoms. The molecule has 90 valence electrons. The van der Waals surface area contributed by atoms with Gasteiger partial charge < -0.3 is 15.3 Å². The predicted octanol–water partition coefficient (Wildman–Crippen LogP) is 3.87. The minimum atomic E-state index is 0.101. The summed E-state index contributed by atoms with van der Waals surface area (Å²) in [6.45, 7) is 0. The first-order valence-corrected chi connectivity index (χ1v) is 6.29. The molecule has 1 heterocycles. The van der Waals surface area contributed by atoms with Gasteiger partial charge in [-0.1, -0.05) is 30.0 Å². The molecule has 0 saturated heterocycles. The van der Waals surface area contributed by atoms with Crippen molar-refractivity contribution in [3.8, 4) is 5.75 Å². The Kier molecular flexibility index (Phi) is 2.64. The van der Waals surface area contributed by atoms with Crippen molar-refractivity contribution < 1.29 is 9.52 Å². The standard InChI is InChI=1S/C14H11NO2S/c15-11-8-10(5-6-12(11)16)18-14-7-9-3-1-2-4-13(9)17-14/h1-8,16H,15H2. The molecular formula is C14H11NO2S.